The van der Waals surface area contributed by atoms with Crippen molar-refractivity contribution < 1.29 is 9.18 Å². The number of benzene rings is 1. The summed E-state index contributed by atoms with van der Waals surface area (Å²) >= 11 is 0. The van der Waals surface area contributed by atoms with Gasteiger partial charge in [0.05, 0.1) is 11.1 Å². The molecule has 0 saturated heterocycles. The van der Waals surface area contributed by atoms with Crippen LogP contribution in [-0.2, 0) is 6.54 Å². The van der Waals surface area contributed by atoms with Crippen molar-refractivity contribution >= 4 is 16.8 Å². The average molecular weight is 351 g/mol. The molecule has 2 heterocycles. The lowest BCUT2D eigenvalue weighted by atomic mass is 9.95. The molecule has 2 aromatic heterocycles. The molecule has 0 atom stereocenters. The van der Waals surface area contributed by atoms with Crippen molar-refractivity contribution in [2.45, 2.75) is 44.7 Å². The molecule has 1 amide bonds. The smallest absolute Gasteiger partial charge is 0.253 e. The summed E-state index contributed by atoms with van der Waals surface area (Å²) in [5.74, 6) is -0.537. The number of fused-ring (bicyclic) bond motifs is 1. The van der Waals surface area contributed by atoms with Gasteiger partial charge in [-0.25, -0.2) is 4.39 Å². The van der Waals surface area contributed by atoms with Gasteiger partial charge in [0.1, 0.15) is 5.82 Å². The van der Waals surface area contributed by atoms with Gasteiger partial charge in [-0.3, -0.25) is 9.78 Å². The Kier molecular flexibility index (Phi) is 4.69. The van der Waals surface area contributed by atoms with Gasteiger partial charge in [-0.15, -0.1) is 0 Å². The third kappa shape index (κ3) is 3.34. The number of nitrogens with one attached hydrogen (secondary N) is 1. The van der Waals surface area contributed by atoms with Gasteiger partial charge in [-0.2, -0.15) is 0 Å². The van der Waals surface area contributed by atoms with E-state index in [0.29, 0.717) is 17.5 Å². The highest BCUT2D eigenvalue weighted by atomic mass is 19.1. The third-order valence-electron chi connectivity index (χ3n) is 5.14. The number of nitrogens with zero attached hydrogens (tertiary/aromatic N) is 2. The minimum Gasteiger partial charge on any atom is -0.349 e. The zero-order valence-corrected chi connectivity index (χ0v) is 14.6. The second kappa shape index (κ2) is 7.28. The molecule has 1 saturated carbocycles. The zero-order valence-electron chi connectivity index (χ0n) is 14.6. The largest absolute Gasteiger partial charge is 0.349 e. The molecule has 4 rings (SSSR count). The molecule has 4 nitrogen and oxygen atoms in total. The minimum absolute atomic E-state index is 0.180. The van der Waals surface area contributed by atoms with Crippen LogP contribution in [-0.4, -0.2) is 21.5 Å². The van der Waals surface area contributed by atoms with E-state index in [2.05, 4.69) is 10.3 Å². The predicted molar refractivity (Wildman–Crippen MR) is 99.6 cm³/mol. The van der Waals surface area contributed by atoms with Crippen molar-refractivity contribution in [2.24, 2.45) is 0 Å². The van der Waals surface area contributed by atoms with Gasteiger partial charge < -0.3 is 9.88 Å². The number of aromatic nitrogens is 2. The summed E-state index contributed by atoms with van der Waals surface area (Å²) in [5, 5.41) is 3.50. The molecule has 0 bridgehead atoms. The summed E-state index contributed by atoms with van der Waals surface area (Å²) in [6.07, 6.45) is 10.8. The van der Waals surface area contributed by atoms with Gasteiger partial charge in [0.2, 0.25) is 0 Å². The number of hydrogen-bond acceptors (Lipinski definition) is 2. The Morgan fingerprint density at radius 2 is 1.92 bits per heavy atom. The van der Waals surface area contributed by atoms with E-state index in [4.69, 9.17) is 0 Å². The zero-order chi connectivity index (χ0) is 17.9. The van der Waals surface area contributed by atoms with Crippen LogP contribution in [0.3, 0.4) is 0 Å². The standard InChI is InChI=1S/C21H22FN3O/c22-18-7-4-8-19-20(18)17(21(26)24-16-5-2-1-3-6-16)14-25(19)13-15-9-11-23-12-10-15/h4,7-12,14,16H,1-3,5-6,13H2,(H,24,26). The summed E-state index contributed by atoms with van der Waals surface area (Å²) in [5.41, 5.74) is 2.20. The van der Waals surface area contributed by atoms with Crippen molar-refractivity contribution in [1.82, 2.24) is 14.9 Å². The number of carbonyl (C=O) groups is 1. The Morgan fingerprint density at radius 3 is 2.69 bits per heavy atom. The van der Waals surface area contributed by atoms with Crippen molar-refractivity contribution in [1.29, 1.82) is 0 Å². The number of halogens is 1. The molecule has 0 spiro atoms. The molecule has 0 aliphatic heterocycles. The molecule has 1 aliphatic carbocycles. The molecule has 5 heteroatoms. The molecule has 134 valence electrons. The molecule has 1 aliphatic rings. The molecule has 1 N–H and O–H groups in total. The van der Waals surface area contributed by atoms with Gasteiger partial charge in [0.15, 0.2) is 0 Å². The van der Waals surface area contributed by atoms with E-state index in [9.17, 15) is 9.18 Å². The number of pyridine rings is 1. The molecule has 0 radical (unpaired) electrons. The maximum Gasteiger partial charge on any atom is 0.253 e. The maximum absolute atomic E-state index is 14.5. The normalized spacial score (nSPS) is 15.3. The predicted octanol–water partition coefficient (Wildman–Crippen LogP) is 4.29. The Hall–Kier alpha value is -2.69. The van der Waals surface area contributed by atoms with Crippen LogP contribution in [0.15, 0.2) is 48.9 Å². The molecular formula is C21H22FN3O. The maximum atomic E-state index is 14.5. The van der Waals surface area contributed by atoms with E-state index < -0.39 is 0 Å². The van der Waals surface area contributed by atoms with Crippen LogP contribution in [0.1, 0.15) is 48.0 Å². The molecule has 3 aromatic rings. The van der Waals surface area contributed by atoms with Gasteiger partial charge in [0.25, 0.3) is 5.91 Å². The summed E-state index contributed by atoms with van der Waals surface area (Å²) < 4.78 is 16.5. The van der Waals surface area contributed by atoms with E-state index in [0.717, 1.165) is 36.8 Å². The topological polar surface area (TPSA) is 46.9 Å². The Morgan fingerprint density at radius 1 is 1.15 bits per heavy atom. The van der Waals surface area contributed by atoms with Crippen LogP contribution in [0.5, 0.6) is 0 Å². The highest BCUT2D eigenvalue weighted by molar-refractivity contribution is 6.07. The molecule has 1 fully saturated rings. The average Bonchev–Trinajstić information content (AvgIpc) is 3.03. The van der Waals surface area contributed by atoms with Gasteiger partial charge >= 0.3 is 0 Å². The van der Waals surface area contributed by atoms with E-state index in [1.807, 2.05) is 22.8 Å². The van der Waals surface area contributed by atoms with Gasteiger partial charge in [0, 0.05) is 36.6 Å². The number of amides is 1. The fraction of sp³-hybridized carbons (Fsp3) is 0.333. The third-order valence-corrected chi connectivity index (χ3v) is 5.14. The van der Waals surface area contributed by atoms with Crippen molar-refractivity contribution in [3.05, 3.63) is 65.9 Å². The summed E-state index contributed by atoms with van der Waals surface area (Å²) in [6.45, 7) is 0.569. The van der Waals surface area contributed by atoms with Crippen molar-refractivity contribution in [2.75, 3.05) is 0 Å². The summed E-state index contributed by atoms with van der Waals surface area (Å²) in [6, 6.07) is 9.00. The number of rotatable bonds is 4. The van der Waals surface area contributed by atoms with Crippen LogP contribution in [0, 0.1) is 5.82 Å². The first kappa shape index (κ1) is 16.8. The Bertz CT molecular complexity index is 914. The van der Waals surface area contributed by atoms with Gasteiger partial charge in [-0.1, -0.05) is 25.3 Å². The summed E-state index contributed by atoms with van der Waals surface area (Å²) in [4.78, 5) is 16.9. The number of carbonyl (C=O) groups excluding carboxylic acids is 1. The van der Waals surface area contributed by atoms with E-state index >= 15 is 0 Å². The second-order valence-corrected chi connectivity index (χ2v) is 6.97. The fourth-order valence-corrected chi connectivity index (χ4v) is 3.81. The monoisotopic (exact) mass is 351 g/mol. The summed E-state index contributed by atoms with van der Waals surface area (Å²) in [7, 11) is 0. The van der Waals surface area contributed by atoms with Crippen molar-refractivity contribution in [3.8, 4) is 0 Å². The first-order chi connectivity index (χ1) is 12.7. The Balaban J connectivity index is 1.68. The van der Waals surface area contributed by atoms with Gasteiger partial charge in [-0.05, 0) is 42.7 Å². The van der Waals surface area contributed by atoms with Crippen LogP contribution in [0.4, 0.5) is 4.39 Å². The lowest BCUT2D eigenvalue weighted by Crippen LogP contribution is -2.36. The van der Waals surface area contributed by atoms with Crippen LogP contribution in [0.2, 0.25) is 0 Å². The highest BCUT2D eigenvalue weighted by Gasteiger charge is 2.22. The quantitative estimate of drug-likeness (QED) is 0.762. The highest BCUT2D eigenvalue weighted by Crippen LogP contribution is 2.26. The van der Waals surface area contributed by atoms with E-state index in [-0.39, 0.29) is 17.8 Å². The first-order valence-corrected chi connectivity index (χ1v) is 9.19. The molecular weight excluding hydrogens is 329 g/mol. The fourth-order valence-electron chi connectivity index (χ4n) is 3.81. The number of hydrogen-bond donors (Lipinski definition) is 1. The van der Waals surface area contributed by atoms with Crippen molar-refractivity contribution in [3.63, 3.8) is 0 Å². The second-order valence-electron chi connectivity index (χ2n) is 6.97. The lowest BCUT2D eigenvalue weighted by Gasteiger charge is -2.22. The van der Waals surface area contributed by atoms with E-state index in [1.54, 1.807) is 24.7 Å². The van der Waals surface area contributed by atoms with E-state index in [1.165, 1.54) is 12.5 Å². The minimum atomic E-state index is -0.357. The SMILES string of the molecule is O=C(NC1CCCCC1)c1cn(Cc2ccncc2)c2cccc(F)c12. The molecule has 0 unspecified atom stereocenters. The molecule has 1 aromatic carbocycles. The van der Waals surface area contributed by atoms with Crippen LogP contribution < -0.4 is 5.32 Å². The van der Waals surface area contributed by atoms with Crippen LogP contribution >= 0.6 is 0 Å². The first-order valence-electron chi connectivity index (χ1n) is 9.19. The van der Waals surface area contributed by atoms with Crippen LogP contribution in [0.25, 0.3) is 10.9 Å². The lowest BCUT2D eigenvalue weighted by molar-refractivity contribution is 0.0929. The Labute approximate surface area is 152 Å². The molecule has 26 heavy (non-hydrogen) atoms.